The molecule has 0 saturated carbocycles. The monoisotopic (exact) mass is 260 g/mol. The van der Waals surface area contributed by atoms with Gasteiger partial charge in [-0.3, -0.25) is 4.79 Å². The summed E-state index contributed by atoms with van der Waals surface area (Å²) in [4.78, 5) is 18.1. The molecule has 1 aliphatic rings. The molecule has 2 N–H and O–H groups in total. The standard InChI is InChI=1S/C13H13FN4O/c14-11-2-1-9(15)7-10(11)13(19)18-6-5-17-4-3-16-12(17)8-18/h1-4,7H,5-6,8,15H2. The summed E-state index contributed by atoms with van der Waals surface area (Å²) in [6.45, 7) is 1.60. The lowest BCUT2D eigenvalue weighted by atomic mass is 10.1. The van der Waals surface area contributed by atoms with E-state index in [-0.39, 0.29) is 11.5 Å². The van der Waals surface area contributed by atoms with Gasteiger partial charge in [-0.25, -0.2) is 9.37 Å². The summed E-state index contributed by atoms with van der Waals surface area (Å²) in [5.74, 6) is -0.0870. The van der Waals surface area contributed by atoms with Crippen LogP contribution in [0.25, 0.3) is 0 Å². The number of amides is 1. The van der Waals surface area contributed by atoms with E-state index in [0.29, 0.717) is 25.3 Å². The molecule has 0 fully saturated rings. The molecule has 0 radical (unpaired) electrons. The zero-order valence-electron chi connectivity index (χ0n) is 10.2. The zero-order chi connectivity index (χ0) is 13.4. The fourth-order valence-electron chi connectivity index (χ4n) is 2.22. The van der Waals surface area contributed by atoms with Crippen molar-refractivity contribution in [2.45, 2.75) is 13.1 Å². The van der Waals surface area contributed by atoms with Crippen molar-refractivity contribution in [3.05, 3.63) is 47.8 Å². The first-order valence-electron chi connectivity index (χ1n) is 5.99. The van der Waals surface area contributed by atoms with E-state index in [2.05, 4.69) is 4.98 Å². The molecule has 3 rings (SSSR count). The quantitative estimate of drug-likeness (QED) is 0.785. The molecule has 0 unspecified atom stereocenters. The Morgan fingerprint density at radius 2 is 2.21 bits per heavy atom. The molecule has 1 aromatic carbocycles. The first-order chi connectivity index (χ1) is 9.15. The fourth-order valence-corrected chi connectivity index (χ4v) is 2.22. The summed E-state index contributed by atoms with van der Waals surface area (Å²) < 4.78 is 15.7. The average Bonchev–Trinajstić information content (AvgIpc) is 2.88. The Hall–Kier alpha value is -2.37. The molecule has 19 heavy (non-hydrogen) atoms. The van der Waals surface area contributed by atoms with Gasteiger partial charge >= 0.3 is 0 Å². The number of anilines is 1. The molecule has 2 heterocycles. The summed E-state index contributed by atoms with van der Waals surface area (Å²) in [6, 6.07) is 4.03. The fraction of sp³-hybridized carbons (Fsp3) is 0.231. The van der Waals surface area contributed by atoms with Crippen LogP contribution in [0.4, 0.5) is 10.1 Å². The molecular formula is C13H13FN4O. The number of nitrogens with zero attached hydrogens (tertiary/aromatic N) is 3. The molecule has 1 aromatic heterocycles. The summed E-state index contributed by atoms with van der Waals surface area (Å²) in [5, 5.41) is 0. The van der Waals surface area contributed by atoms with Crippen LogP contribution in [-0.4, -0.2) is 26.9 Å². The van der Waals surface area contributed by atoms with Gasteiger partial charge in [-0.05, 0) is 18.2 Å². The molecule has 98 valence electrons. The summed E-state index contributed by atoms with van der Waals surface area (Å²) >= 11 is 0. The van der Waals surface area contributed by atoms with E-state index in [1.807, 2.05) is 10.8 Å². The van der Waals surface area contributed by atoms with Gasteiger partial charge in [-0.15, -0.1) is 0 Å². The van der Waals surface area contributed by atoms with Crippen molar-refractivity contribution in [3.8, 4) is 0 Å². The SMILES string of the molecule is Nc1ccc(F)c(C(=O)N2CCn3ccnc3C2)c1. The predicted molar refractivity (Wildman–Crippen MR) is 67.8 cm³/mol. The zero-order valence-corrected chi connectivity index (χ0v) is 10.2. The van der Waals surface area contributed by atoms with Gasteiger partial charge in [0, 0.05) is 31.2 Å². The maximum atomic E-state index is 13.7. The Kier molecular flexibility index (Phi) is 2.70. The van der Waals surface area contributed by atoms with E-state index in [1.54, 1.807) is 11.1 Å². The number of carbonyl (C=O) groups is 1. The van der Waals surface area contributed by atoms with E-state index in [1.165, 1.54) is 18.2 Å². The number of hydrogen-bond donors (Lipinski definition) is 1. The van der Waals surface area contributed by atoms with Crippen LogP contribution in [0.15, 0.2) is 30.6 Å². The highest BCUT2D eigenvalue weighted by atomic mass is 19.1. The van der Waals surface area contributed by atoms with Crippen molar-refractivity contribution >= 4 is 11.6 Å². The lowest BCUT2D eigenvalue weighted by molar-refractivity contribution is 0.0703. The first kappa shape index (κ1) is 11.7. The molecule has 6 heteroatoms. The molecule has 5 nitrogen and oxygen atoms in total. The molecule has 0 bridgehead atoms. The van der Waals surface area contributed by atoms with Gasteiger partial charge in [0.05, 0.1) is 12.1 Å². The molecule has 2 aromatic rings. The summed E-state index contributed by atoms with van der Waals surface area (Å²) in [5.41, 5.74) is 5.99. The molecule has 0 atom stereocenters. The highest BCUT2D eigenvalue weighted by Crippen LogP contribution is 2.18. The Morgan fingerprint density at radius 3 is 3.05 bits per heavy atom. The van der Waals surface area contributed by atoms with Crippen LogP contribution in [0.3, 0.4) is 0 Å². The number of nitrogens with two attached hydrogens (primary N) is 1. The highest BCUT2D eigenvalue weighted by molar-refractivity contribution is 5.95. The smallest absolute Gasteiger partial charge is 0.257 e. The van der Waals surface area contributed by atoms with Crippen LogP contribution < -0.4 is 5.73 Å². The maximum Gasteiger partial charge on any atom is 0.257 e. The van der Waals surface area contributed by atoms with Gasteiger partial charge in [0.25, 0.3) is 5.91 Å². The first-order valence-corrected chi connectivity index (χ1v) is 5.99. The average molecular weight is 260 g/mol. The molecule has 1 amide bonds. The topological polar surface area (TPSA) is 64.2 Å². The lowest BCUT2D eigenvalue weighted by Crippen LogP contribution is -2.38. The van der Waals surface area contributed by atoms with E-state index in [9.17, 15) is 9.18 Å². The Bertz CT molecular complexity index is 637. The number of nitrogen functional groups attached to an aromatic ring is 1. The second-order valence-electron chi connectivity index (χ2n) is 4.50. The van der Waals surface area contributed by atoms with E-state index in [4.69, 9.17) is 5.73 Å². The van der Waals surface area contributed by atoms with Gasteiger partial charge in [0.1, 0.15) is 11.6 Å². The van der Waals surface area contributed by atoms with Crippen molar-refractivity contribution in [2.24, 2.45) is 0 Å². The summed E-state index contributed by atoms with van der Waals surface area (Å²) in [7, 11) is 0. The van der Waals surface area contributed by atoms with Crippen molar-refractivity contribution in [2.75, 3.05) is 12.3 Å². The highest BCUT2D eigenvalue weighted by Gasteiger charge is 2.24. The van der Waals surface area contributed by atoms with Crippen molar-refractivity contribution in [1.82, 2.24) is 14.5 Å². The van der Waals surface area contributed by atoms with Crippen LogP contribution in [0.1, 0.15) is 16.2 Å². The second-order valence-corrected chi connectivity index (χ2v) is 4.50. The third-order valence-corrected chi connectivity index (χ3v) is 3.25. The van der Waals surface area contributed by atoms with E-state index >= 15 is 0 Å². The van der Waals surface area contributed by atoms with Crippen LogP contribution in [0, 0.1) is 5.82 Å². The minimum absolute atomic E-state index is 0.0139. The van der Waals surface area contributed by atoms with Gasteiger partial charge < -0.3 is 15.2 Å². The molecule has 1 aliphatic heterocycles. The number of hydrogen-bond acceptors (Lipinski definition) is 3. The Labute approximate surface area is 109 Å². The number of carbonyl (C=O) groups excluding carboxylic acids is 1. The second kappa shape index (κ2) is 4.38. The van der Waals surface area contributed by atoms with Crippen molar-refractivity contribution in [3.63, 3.8) is 0 Å². The van der Waals surface area contributed by atoms with Gasteiger partial charge in [-0.2, -0.15) is 0 Å². The van der Waals surface area contributed by atoms with Crippen molar-refractivity contribution in [1.29, 1.82) is 0 Å². The van der Waals surface area contributed by atoms with Crippen LogP contribution >= 0.6 is 0 Å². The predicted octanol–water partition coefficient (Wildman–Crippen LogP) is 1.26. The van der Waals surface area contributed by atoms with Gasteiger partial charge in [0.15, 0.2) is 0 Å². The third kappa shape index (κ3) is 2.05. The lowest BCUT2D eigenvalue weighted by Gasteiger charge is -2.27. The Morgan fingerprint density at radius 1 is 1.37 bits per heavy atom. The Balaban J connectivity index is 1.87. The minimum atomic E-state index is -0.548. The largest absolute Gasteiger partial charge is 0.399 e. The minimum Gasteiger partial charge on any atom is -0.399 e. The van der Waals surface area contributed by atoms with Crippen molar-refractivity contribution < 1.29 is 9.18 Å². The molecule has 0 saturated heterocycles. The molecule has 0 spiro atoms. The number of halogens is 1. The van der Waals surface area contributed by atoms with E-state index in [0.717, 1.165) is 5.82 Å². The van der Waals surface area contributed by atoms with Crippen LogP contribution in [-0.2, 0) is 13.1 Å². The van der Waals surface area contributed by atoms with Crippen LogP contribution in [0.5, 0.6) is 0 Å². The van der Waals surface area contributed by atoms with Gasteiger partial charge in [0.2, 0.25) is 0 Å². The third-order valence-electron chi connectivity index (χ3n) is 3.25. The molecular weight excluding hydrogens is 247 g/mol. The van der Waals surface area contributed by atoms with Gasteiger partial charge in [-0.1, -0.05) is 0 Å². The number of fused-ring (bicyclic) bond motifs is 1. The maximum absolute atomic E-state index is 13.7. The van der Waals surface area contributed by atoms with Crippen LogP contribution in [0.2, 0.25) is 0 Å². The van der Waals surface area contributed by atoms with E-state index < -0.39 is 5.82 Å². The molecule has 0 aliphatic carbocycles. The number of imidazole rings is 1. The number of aromatic nitrogens is 2. The number of rotatable bonds is 1. The number of benzene rings is 1. The normalized spacial score (nSPS) is 14.3. The summed E-state index contributed by atoms with van der Waals surface area (Å²) in [6.07, 6.45) is 3.57.